The molecule has 0 aliphatic heterocycles. The molecule has 0 spiro atoms. The first-order valence-electron chi connectivity index (χ1n) is 6.41. The largest absolute Gasteiger partial charge is 0.493 e. The maximum Gasteiger partial charge on any atom is 0.431 e. The Labute approximate surface area is 118 Å². The van der Waals surface area contributed by atoms with Crippen LogP contribution < -0.4 is 14.9 Å². The molecular formula is C14H14F3NO3. The summed E-state index contributed by atoms with van der Waals surface area (Å²) in [4.78, 5) is 14.3. The van der Waals surface area contributed by atoms with Crippen LogP contribution in [0.25, 0.3) is 10.9 Å². The molecule has 0 fully saturated rings. The van der Waals surface area contributed by atoms with Crippen LogP contribution in [0.3, 0.4) is 0 Å². The summed E-state index contributed by atoms with van der Waals surface area (Å²) in [6.07, 6.45) is -4.64. The Balaban J connectivity index is 2.80. The van der Waals surface area contributed by atoms with Gasteiger partial charge in [0.15, 0.2) is 5.43 Å². The number of ether oxygens (including phenoxy) is 2. The van der Waals surface area contributed by atoms with Crippen LogP contribution in [0.2, 0.25) is 0 Å². The summed E-state index contributed by atoms with van der Waals surface area (Å²) in [6.45, 7) is 3.99. The second-order valence-electron chi connectivity index (χ2n) is 4.22. The highest BCUT2D eigenvalue weighted by molar-refractivity contribution is 5.90. The average Bonchev–Trinajstić information content (AvgIpc) is 2.40. The van der Waals surface area contributed by atoms with E-state index in [1.165, 1.54) is 12.1 Å². The summed E-state index contributed by atoms with van der Waals surface area (Å²) < 4.78 is 49.0. The zero-order valence-corrected chi connectivity index (χ0v) is 11.5. The normalized spacial score (nSPS) is 11.7. The van der Waals surface area contributed by atoms with Gasteiger partial charge in [0, 0.05) is 6.07 Å². The van der Waals surface area contributed by atoms with Crippen LogP contribution in [0, 0.1) is 0 Å². The van der Waals surface area contributed by atoms with E-state index < -0.39 is 17.3 Å². The van der Waals surface area contributed by atoms with E-state index in [9.17, 15) is 18.0 Å². The standard InChI is InChI=1S/C14H14F3NO3/c1-3-20-9-5-6-10(21-4-2)13-12(9)8(19)7-11(18-13)14(15,16)17/h5-7H,3-4H2,1-2H3,(H,18,19). The predicted octanol–water partition coefficient (Wildman–Crippen LogP) is 3.34. The molecule has 0 saturated heterocycles. The van der Waals surface area contributed by atoms with E-state index in [1.54, 1.807) is 13.8 Å². The van der Waals surface area contributed by atoms with E-state index >= 15 is 0 Å². The van der Waals surface area contributed by atoms with E-state index in [0.717, 1.165) is 0 Å². The zero-order valence-electron chi connectivity index (χ0n) is 11.5. The second-order valence-corrected chi connectivity index (χ2v) is 4.22. The highest BCUT2D eigenvalue weighted by atomic mass is 19.4. The van der Waals surface area contributed by atoms with Crippen molar-refractivity contribution in [1.82, 2.24) is 4.98 Å². The highest BCUT2D eigenvalue weighted by Gasteiger charge is 2.33. The van der Waals surface area contributed by atoms with Crippen molar-refractivity contribution in [2.24, 2.45) is 0 Å². The smallest absolute Gasteiger partial charge is 0.431 e. The molecule has 114 valence electrons. The lowest BCUT2D eigenvalue weighted by atomic mass is 10.1. The summed E-state index contributed by atoms with van der Waals surface area (Å²) in [5.41, 5.74) is -1.89. The van der Waals surface area contributed by atoms with Gasteiger partial charge in [-0.1, -0.05) is 0 Å². The number of halogens is 3. The Kier molecular flexibility index (Phi) is 4.11. The van der Waals surface area contributed by atoms with E-state index in [4.69, 9.17) is 9.47 Å². The molecule has 1 N–H and O–H groups in total. The molecule has 1 aromatic carbocycles. The molecule has 0 saturated carbocycles. The lowest BCUT2D eigenvalue weighted by Gasteiger charge is -2.14. The molecule has 4 nitrogen and oxygen atoms in total. The monoisotopic (exact) mass is 301 g/mol. The van der Waals surface area contributed by atoms with Crippen molar-refractivity contribution in [2.45, 2.75) is 20.0 Å². The van der Waals surface area contributed by atoms with Gasteiger partial charge in [-0.25, -0.2) is 0 Å². The maximum atomic E-state index is 12.8. The number of H-pyrrole nitrogens is 1. The molecule has 0 bridgehead atoms. The van der Waals surface area contributed by atoms with E-state index in [2.05, 4.69) is 4.98 Å². The first-order valence-corrected chi connectivity index (χ1v) is 6.41. The fourth-order valence-electron chi connectivity index (χ4n) is 2.01. The van der Waals surface area contributed by atoms with Gasteiger partial charge in [0.25, 0.3) is 0 Å². The van der Waals surface area contributed by atoms with Gasteiger partial charge >= 0.3 is 6.18 Å². The molecule has 0 aliphatic rings. The lowest BCUT2D eigenvalue weighted by Crippen LogP contribution is -2.15. The van der Waals surface area contributed by atoms with Crippen LogP contribution in [-0.2, 0) is 6.18 Å². The number of hydrogen-bond acceptors (Lipinski definition) is 3. The molecule has 0 amide bonds. The van der Waals surface area contributed by atoms with Gasteiger partial charge < -0.3 is 14.5 Å². The third-order valence-corrected chi connectivity index (χ3v) is 2.82. The van der Waals surface area contributed by atoms with Crippen molar-refractivity contribution in [1.29, 1.82) is 0 Å². The molecule has 7 heteroatoms. The summed E-state index contributed by atoms with van der Waals surface area (Å²) in [7, 11) is 0. The second kappa shape index (κ2) is 5.67. The molecular weight excluding hydrogens is 287 g/mol. The number of hydrogen-bond donors (Lipinski definition) is 1. The van der Waals surface area contributed by atoms with Crippen molar-refractivity contribution in [3.63, 3.8) is 0 Å². The minimum Gasteiger partial charge on any atom is -0.493 e. The van der Waals surface area contributed by atoms with Crippen molar-refractivity contribution in [3.05, 3.63) is 34.1 Å². The molecule has 2 rings (SSSR count). The zero-order chi connectivity index (χ0) is 15.6. The minimum atomic E-state index is -4.64. The number of pyridine rings is 1. The van der Waals surface area contributed by atoms with Crippen LogP contribution in [0.15, 0.2) is 23.0 Å². The molecule has 21 heavy (non-hydrogen) atoms. The highest BCUT2D eigenvalue weighted by Crippen LogP contribution is 2.33. The van der Waals surface area contributed by atoms with Crippen molar-refractivity contribution >= 4 is 10.9 Å². The van der Waals surface area contributed by atoms with Crippen LogP contribution in [0.4, 0.5) is 13.2 Å². The van der Waals surface area contributed by atoms with Gasteiger partial charge in [-0.2, -0.15) is 13.2 Å². The predicted molar refractivity (Wildman–Crippen MR) is 71.9 cm³/mol. The SMILES string of the molecule is CCOc1ccc(OCC)c2c(=O)cc(C(F)(F)F)[nH]c12. The van der Waals surface area contributed by atoms with Crippen molar-refractivity contribution < 1.29 is 22.6 Å². The Morgan fingerprint density at radius 2 is 1.67 bits per heavy atom. The van der Waals surface area contributed by atoms with E-state index in [1.807, 2.05) is 0 Å². The fraction of sp³-hybridized carbons (Fsp3) is 0.357. The Morgan fingerprint density at radius 1 is 1.10 bits per heavy atom. The minimum absolute atomic E-state index is 0.0115. The first-order chi connectivity index (χ1) is 9.88. The van der Waals surface area contributed by atoms with E-state index in [-0.39, 0.29) is 29.0 Å². The summed E-state index contributed by atoms with van der Waals surface area (Å²) >= 11 is 0. The molecule has 0 atom stereocenters. The topological polar surface area (TPSA) is 51.3 Å². The number of rotatable bonds is 4. The van der Waals surface area contributed by atoms with Crippen LogP contribution in [0.5, 0.6) is 11.5 Å². The van der Waals surface area contributed by atoms with E-state index in [0.29, 0.717) is 12.7 Å². The Hall–Kier alpha value is -2.18. The van der Waals surface area contributed by atoms with Crippen molar-refractivity contribution in [3.8, 4) is 11.5 Å². The number of aromatic nitrogens is 1. The molecule has 1 aromatic heterocycles. The number of benzene rings is 1. The van der Waals surface area contributed by atoms with Crippen LogP contribution >= 0.6 is 0 Å². The van der Waals surface area contributed by atoms with Gasteiger partial charge in [0.05, 0.1) is 24.1 Å². The third kappa shape index (κ3) is 2.96. The number of alkyl halides is 3. The summed E-state index contributed by atoms with van der Waals surface area (Å²) in [5.74, 6) is 0.407. The molecule has 0 unspecified atom stereocenters. The summed E-state index contributed by atoms with van der Waals surface area (Å²) in [5, 5.41) is 0.0517. The number of fused-ring (bicyclic) bond motifs is 1. The van der Waals surface area contributed by atoms with Crippen molar-refractivity contribution in [2.75, 3.05) is 13.2 Å². The molecule has 0 aliphatic carbocycles. The quantitative estimate of drug-likeness (QED) is 0.942. The summed E-state index contributed by atoms with van der Waals surface area (Å²) in [6, 6.07) is 3.52. The lowest BCUT2D eigenvalue weighted by molar-refractivity contribution is -0.141. The van der Waals surface area contributed by atoms with Crippen LogP contribution in [-0.4, -0.2) is 18.2 Å². The molecule has 2 aromatic rings. The number of aromatic amines is 1. The maximum absolute atomic E-state index is 12.8. The van der Waals surface area contributed by atoms with Gasteiger partial charge in [0.1, 0.15) is 17.2 Å². The molecule has 1 heterocycles. The fourth-order valence-corrected chi connectivity index (χ4v) is 2.01. The third-order valence-electron chi connectivity index (χ3n) is 2.82. The van der Waals surface area contributed by atoms with Gasteiger partial charge in [-0.05, 0) is 26.0 Å². The Morgan fingerprint density at radius 3 is 2.24 bits per heavy atom. The van der Waals surface area contributed by atoms with Gasteiger partial charge in [-0.3, -0.25) is 4.79 Å². The number of nitrogens with one attached hydrogen (secondary N) is 1. The average molecular weight is 301 g/mol. The van der Waals surface area contributed by atoms with Gasteiger partial charge in [-0.15, -0.1) is 0 Å². The molecule has 0 radical (unpaired) electrons. The first kappa shape index (κ1) is 15.2. The van der Waals surface area contributed by atoms with Crippen LogP contribution in [0.1, 0.15) is 19.5 Å². The van der Waals surface area contributed by atoms with Gasteiger partial charge in [0.2, 0.25) is 0 Å². The Bertz CT molecular complexity index is 707.